The summed E-state index contributed by atoms with van der Waals surface area (Å²) >= 11 is 2.18. The molecule has 0 aliphatic carbocycles. The lowest BCUT2D eigenvalue weighted by Gasteiger charge is -2.10. The zero-order valence-corrected chi connectivity index (χ0v) is 11.4. The third-order valence-corrected chi connectivity index (χ3v) is 3.00. The monoisotopic (exact) mass is 343 g/mol. The molecule has 0 fully saturated rings. The van der Waals surface area contributed by atoms with Crippen LogP contribution in [-0.2, 0) is 0 Å². The minimum absolute atomic E-state index is 0.273. The standard InChI is InChI=1S/C13H11FINO/c1-8-6-9(14)2-4-12(8)17-13-5-3-10(15)7-11(13)16/h2-7H,16H2,1H3. The van der Waals surface area contributed by atoms with Gasteiger partial charge in [0.05, 0.1) is 5.69 Å². The minimum Gasteiger partial charge on any atom is -0.455 e. The first-order valence-corrected chi connectivity index (χ1v) is 6.13. The van der Waals surface area contributed by atoms with E-state index in [0.29, 0.717) is 17.2 Å². The summed E-state index contributed by atoms with van der Waals surface area (Å²) in [6.45, 7) is 1.79. The van der Waals surface area contributed by atoms with E-state index in [4.69, 9.17) is 10.5 Å². The molecule has 4 heteroatoms. The lowest BCUT2D eigenvalue weighted by atomic mass is 10.2. The highest BCUT2D eigenvalue weighted by atomic mass is 127. The Hall–Kier alpha value is -1.30. The van der Waals surface area contributed by atoms with Crippen LogP contribution >= 0.6 is 22.6 Å². The van der Waals surface area contributed by atoms with E-state index in [9.17, 15) is 4.39 Å². The van der Waals surface area contributed by atoms with Crippen LogP contribution in [0.15, 0.2) is 36.4 Å². The second-order valence-corrected chi connectivity index (χ2v) is 4.94. The van der Waals surface area contributed by atoms with Crippen LogP contribution in [-0.4, -0.2) is 0 Å². The fourth-order valence-electron chi connectivity index (χ4n) is 1.46. The molecule has 2 N–H and O–H groups in total. The van der Waals surface area contributed by atoms with Crippen LogP contribution in [0.25, 0.3) is 0 Å². The Balaban J connectivity index is 2.31. The van der Waals surface area contributed by atoms with Gasteiger partial charge in [-0.05, 0) is 71.5 Å². The fourth-order valence-corrected chi connectivity index (χ4v) is 1.97. The predicted molar refractivity (Wildman–Crippen MR) is 74.8 cm³/mol. The average molecular weight is 343 g/mol. The van der Waals surface area contributed by atoms with Gasteiger partial charge in [0.2, 0.25) is 0 Å². The van der Waals surface area contributed by atoms with Crippen molar-refractivity contribution in [2.45, 2.75) is 6.92 Å². The number of nitrogen functional groups attached to an aromatic ring is 1. The van der Waals surface area contributed by atoms with E-state index in [1.54, 1.807) is 19.1 Å². The third-order valence-electron chi connectivity index (χ3n) is 2.33. The highest BCUT2D eigenvalue weighted by molar-refractivity contribution is 14.1. The van der Waals surface area contributed by atoms with Gasteiger partial charge in [0.1, 0.15) is 17.3 Å². The maximum absolute atomic E-state index is 12.9. The molecule has 0 amide bonds. The summed E-state index contributed by atoms with van der Waals surface area (Å²) in [6.07, 6.45) is 0. The fraction of sp³-hybridized carbons (Fsp3) is 0.0769. The first kappa shape index (κ1) is 12.2. The van der Waals surface area contributed by atoms with Crippen molar-refractivity contribution in [3.63, 3.8) is 0 Å². The van der Waals surface area contributed by atoms with Crippen LogP contribution in [0.4, 0.5) is 10.1 Å². The van der Waals surface area contributed by atoms with Crippen LogP contribution in [0, 0.1) is 16.3 Å². The van der Waals surface area contributed by atoms with Gasteiger partial charge in [0, 0.05) is 3.57 Å². The Labute approximate surface area is 113 Å². The van der Waals surface area contributed by atoms with E-state index >= 15 is 0 Å². The van der Waals surface area contributed by atoms with Crippen LogP contribution in [0.2, 0.25) is 0 Å². The molecule has 17 heavy (non-hydrogen) atoms. The molecule has 2 aromatic carbocycles. The molecule has 2 nitrogen and oxygen atoms in total. The second kappa shape index (κ2) is 4.91. The lowest BCUT2D eigenvalue weighted by Crippen LogP contribution is -1.94. The van der Waals surface area contributed by atoms with Crippen molar-refractivity contribution in [2.24, 2.45) is 0 Å². The van der Waals surface area contributed by atoms with E-state index in [-0.39, 0.29) is 5.82 Å². The van der Waals surface area contributed by atoms with Crippen LogP contribution < -0.4 is 10.5 Å². The van der Waals surface area contributed by atoms with E-state index < -0.39 is 0 Å². The summed E-state index contributed by atoms with van der Waals surface area (Å²) in [6, 6.07) is 9.94. The van der Waals surface area contributed by atoms with Gasteiger partial charge >= 0.3 is 0 Å². The second-order valence-electron chi connectivity index (χ2n) is 3.69. The first-order valence-electron chi connectivity index (χ1n) is 5.05. The topological polar surface area (TPSA) is 35.2 Å². The van der Waals surface area contributed by atoms with Crippen molar-refractivity contribution in [1.82, 2.24) is 0 Å². The molecule has 0 atom stereocenters. The maximum atomic E-state index is 12.9. The van der Waals surface area contributed by atoms with Gasteiger partial charge < -0.3 is 10.5 Å². The van der Waals surface area contributed by atoms with E-state index in [2.05, 4.69) is 22.6 Å². The molecule has 0 aromatic heterocycles. The highest BCUT2D eigenvalue weighted by Gasteiger charge is 2.05. The summed E-state index contributed by atoms with van der Waals surface area (Å²) in [7, 11) is 0. The van der Waals surface area contributed by atoms with Gasteiger partial charge in [-0.15, -0.1) is 0 Å². The molecular formula is C13H11FINO. The molecule has 0 aliphatic rings. The molecule has 0 spiro atoms. The molecule has 0 radical (unpaired) electrons. The SMILES string of the molecule is Cc1cc(F)ccc1Oc1ccc(I)cc1N. The van der Waals surface area contributed by atoms with Crippen molar-refractivity contribution in [2.75, 3.05) is 5.73 Å². The van der Waals surface area contributed by atoms with E-state index in [1.807, 2.05) is 12.1 Å². The summed E-state index contributed by atoms with van der Waals surface area (Å²) in [5, 5.41) is 0. The summed E-state index contributed by atoms with van der Waals surface area (Å²) in [4.78, 5) is 0. The lowest BCUT2D eigenvalue weighted by molar-refractivity contribution is 0.479. The van der Waals surface area contributed by atoms with Crippen LogP contribution in [0.5, 0.6) is 11.5 Å². The smallest absolute Gasteiger partial charge is 0.150 e. The molecule has 0 saturated carbocycles. The Bertz CT molecular complexity index is 508. The number of halogens is 2. The van der Waals surface area contributed by atoms with Gasteiger partial charge in [-0.2, -0.15) is 0 Å². The van der Waals surface area contributed by atoms with Crippen molar-refractivity contribution >= 4 is 28.3 Å². The zero-order chi connectivity index (χ0) is 12.4. The quantitative estimate of drug-likeness (QED) is 0.658. The highest BCUT2D eigenvalue weighted by Crippen LogP contribution is 2.30. The van der Waals surface area contributed by atoms with Gasteiger partial charge in [-0.1, -0.05) is 0 Å². The number of rotatable bonds is 2. The van der Waals surface area contributed by atoms with E-state index in [1.165, 1.54) is 12.1 Å². The molecule has 0 unspecified atom stereocenters. The molecule has 0 bridgehead atoms. The Kier molecular flexibility index (Phi) is 3.51. The van der Waals surface area contributed by atoms with Crippen molar-refractivity contribution in [3.05, 3.63) is 51.3 Å². The van der Waals surface area contributed by atoms with Gasteiger partial charge in [0.15, 0.2) is 0 Å². The van der Waals surface area contributed by atoms with Crippen LogP contribution in [0.1, 0.15) is 5.56 Å². The predicted octanol–water partition coefficient (Wildman–Crippen LogP) is 4.11. The van der Waals surface area contributed by atoms with Gasteiger partial charge in [0.25, 0.3) is 0 Å². The molecule has 0 saturated heterocycles. The van der Waals surface area contributed by atoms with Crippen molar-refractivity contribution in [3.8, 4) is 11.5 Å². The molecule has 2 aromatic rings. The van der Waals surface area contributed by atoms with Gasteiger partial charge in [-0.25, -0.2) is 4.39 Å². The number of anilines is 1. The van der Waals surface area contributed by atoms with E-state index in [0.717, 1.165) is 9.13 Å². The summed E-state index contributed by atoms with van der Waals surface area (Å²) < 4.78 is 19.6. The molecule has 88 valence electrons. The molecule has 2 rings (SSSR count). The number of nitrogens with two attached hydrogens (primary N) is 1. The number of benzene rings is 2. The summed E-state index contributed by atoms with van der Waals surface area (Å²) in [5.74, 6) is 0.921. The number of ether oxygens (including phenoxy) is 1. The van der Waals surface area contributed by atoms with Crippen molar-refractivity contribution < 1.29 is 9.13 Å². The van der Waals surface area contributed by atoms with Crippen molar-refractivity contribution in [1.29, 1.82) is 0 Å². The number of hydrogen-bond acceptors (Lipinski definition) is 2. The largest absolute Gasteiger partial charge is 0.455 e. The normalized spacial score (nSPS) is 10.3. The number of hydrogen-bond donors (Lipinski definition) is 1. The first-order chi connectivity index (χ1) is 8.06. The number of aryl methyl sites for hydroxylation is 1. The van der Waals surface area contributed by atoms with Crippen LogP contribution in [0.3, 0.4) is 0 Å². The molecule has 0 heterocycles. The summed E-state index contributed by atoms with van der Waals surface area (Å²) in [5.41, 5.74) is 7.15. The maximum Gasteiger partial charge on any atom is 0.150 e. The molecule has 0 aliphatic heterocycles. The Morgan fingerprint density at radius 1 is 1.12 bits per heavy atom. The minimum atomic E-state index is -0.273. The zero-order valence-electron chi connectivity index (χ0n) is 9.21. The average Bonchev–Trinajstić information content (AvgIpc) is 2.25. The third kappa shape index (κ3) is 2.88. The molecular weight excluding hydrogens is 332 g/mol. The Morgan fingerprint density at radius 3 is 2.47 bits per heavy atom. The van der Waals surface area contributed by atoms with Gasteiger partial charge in [-0.3, -0.25) is 0 Å². The Morgan fingerprint density at radius 2 is 1.82 bits per heavy atom.